The second-order valence-electron chi connectivity index (χ2n) is 7.99. The van der Waals surface area contributed by atoms with Crippen LogP contribution in [0.15, 0.2) is 84.4 Å². The van der Waals surface area contributed by atoms with E-state index in [1.807, 2.05) is 6.92 Å². The van der Waals surface area contributed by atoms with E-state index in [1.165, 1.54) is 12.1 Å². The van der Waals surface area contributed by atoms with Gasteiger partial charge in [-0.3, -0.25) is 14.5 Å². The van der Waals surface area contributed by atoms with Crippen molar-refractivity contribution in [1.29, 1.82) is 0 Å². The van der Waals surface area contributed by atoms with Crippen molar-refractivity contribution in [2.24, 2.45) is 0 Å². The Balaban J connectivity index is 1.77. The molecule has 1 saturated heterocycles. The summed E-state index contributed by atoms with van der Waals surface area (Å²) in [4.78, 5) is 27.4. The Kier molecular flexibility index (Phi) is 7.00. The summed E-state index contributed by atoms with van der Waals surface area (Å²) < 4.78 is 47.1. The highest BCUT2D eigenvalue weighted by Gasteiger charge is 2.47. The fourth-order valence-electron chi connectivity index (χ4n) is 3.94. The maximum atomic E-state index is 13.1. The van der Waals surface area contributed by atoms with Crippen LogP contribution in [0.5, 0.6) is 11.5 Å². The standard InChI is InChI=1S/C27H22F3NO5/c1-2-16-35-20-12-8-18(9-13-20)24(32)22-23(17-6-4-3-5-7-17)31(26(34)25(22)33)19-10-14-21(15-11-19)36-27(28,29)30/h3-15,23,32H,2,16H2,1H3/b24-22+. The number of Topliss-reactive ketones (excluding diaryl/α,β-unsaturated/α-hetero) is 1. The number of nitrogens with zero attached hydrogens (tertiary/aromatic N) is 1. The minimum atomic E-state index is -4.87. The Bertz CT molecular complexity index is 1270. The van der Waals surface area contributed by atoms with Crippen LogP contribution < -0.4 is 14.4 Å². The van der Waals surface area contributed by atoms with E-state index in [2.05, 4.69) is 4.74 Å². The third-order valence-electron chi connectivity index (χ3n) is 5.51. The van der Waals surface area contributed by atoms with Crippen LogP contribution >= 0.6 is 0 Å². The van der Waals surface area contributed by atoms with E-state index in [9.17, 15) is 27.9 Å². The highest BCUT2D eigenvalue weighted by atomic mass is 19.4. The minimum absolute atomic E-state index is 0.135. The molecular formula is C27H22F3NO5. The van der Waals surface area contributed by atoms with Gasteiger partial charge in [0.05, 0.1) is 18.2 Å². The molecule has 1 atom stereocenters. The van der Waals surface area contributed by atoms with Gasteiger partial charge in [-0.2, -0.15) is 0 Å². The lowest BCUT2D eigenvalue weighted by molar-refractivity contribution is -0.274. The molecule has 36 heavy (non-hydrogen) atoms. The number of halogens is 3. The van der Waals surface area contributed by atoms with Crippen LogP contribution in [0.25, 0.3) is 5.76 Å². The number of ketones is 1. The zero-order valence-electron chi connectivity index (χ0n) is 19.2. The van der Waals surface area contributed by atoms with Crippen molar-refractivity contribution in [2.45, 2.75) is 25.7 Å². The monoisotopic (exact) mass is 497 g/mol. The number of ether oxygens (including phenoxy) is 2. The van der Waals surface area contributed by atoms with Crippen LogP contribution in [-0.2, 0) is 9.59 Å². The Morgan fingerprint density at radius 1 is 0.917 bits per heavy atom. The number of alkyl halides is 3. The van der Waals surface area contributed by atoms with Gasteiger partial charge in [-0.05, 0) is 60.5 Å². The smallest absolute Gasteiger partial charge is 0.507 e. The highest BCUT2D eigenvalue weighted by molar-refractivity contribution is 6.51. The van der Waals surface area contributed by atoms with Crippen LogP contribution in [0.1, 0.15) is 30.5 Å². The van der Waals surface area contributed by atoms with E-state index in [1.54, 1.807) is 54.6 Å². The molecule has 4 rings (SSSR count). The zero-order valence-corrected chi connectivity index (χ0v) is 19.2. The third-order valence-corrected chi connectivity index (χ3v) is 5.51. The number of rotatable bonds is 7. The van der Waals surface area contributed by atoms with Crippen LogP contribution in [-0.4, -0.2) is 29.8 Å². The van der Waals surface area contributed by atoms with Gasteiger partial charge in [-0.15, -0.1) is 13.2 Å². The summed E-state index contributed by atoms with van der Waals surface area (Å²) in [5.74, 6) is -2.08. The van der Waals surface area contributed by atoms with Gasteiger partial charge in [-0.25, -0.2) is 0 Å². The first-order chi connectivity index (χ1) is 17.2. The van der Waals surface area contributed by atoms with E-state index >= 15 is 0 Å². The molecule has 0 aromatic heterocycles. The lowest BCUT2D eigenvalue weighted by Gasteiger charge is -2.25. The van der Waals surface area contributed by atoms with Crippen molar-refractivity contribution in [2.75, 3.05) is 11.5 Å². The zero-order chi connectivity index (χ0) is 25.9. The summed E-state index contributed by atoms with van der Waals surface area (Å²) in [6.45, 7) is 2.50. The molecule has 186 valence electrons. The molecule has 1 fully saturated rings. The number of benzene rings is 3. The minimum Gasteiger partial charge on any atom is -0.507 e. The summed E-state index contributed by atoms with van der Waals surface area (Å²) in [5.41, 5.74) is 0.885. The molecule has 6 nitrogen and oxygen atoms in total. The largest absolute Gasteiger partial charge is 0.573 e. The third kappa shape index (κ3) is 5.19. The average Bonchev–Trinajstić information content (AvgIpc) is 3.13. The summed E-state index contributed by atoms with van der Waals surface area (Å²) in [7, 11) is 0. The highest BCUT2D eigenvalue weighted by Crippen LogP contribution is 2.42. The Morgan fingerprint density at radius 3 is 2.11 bits per heavy atom. The Labute approximate surface area is 205 Å². The van der Waals surface area contributed by atoms with Gasteiger partial charge in [0, 0.05) is 11.3 Å². The van der Waals surface area contributed by atoms with Crippen LogP contribution in [0.3, 0.4) is 0 Å². The first kappa shape index (κ1) is 24.8. The molecule has 1 heterocycles. The van der Waals surface area contributed by atoms with E-state index < -0.39 is 29.8 Å². The fraction of sp³-hybridized carbons (Fsp3) is 0.185. The number of anilines is 1. The van der Waals surface area contributed by atoms with Crippen molar-refractivity contribution in [3.05, 3.63) is 95.6 Å². The molecule has 0 saturated carbocycles. The van der Waals surface area contributed by atoms with E-state index in [4.69, 9.17) is 4.74 Å². The second kappa shape index (κ2) is 10.2. The predicted octanol–water partition coefficient (Wildman–Crippen LogP) is 6.00. The Hall–Kier alpha value is -4.27. The van der Waals surface area contributed by atoms with Crippen molar-refractivity contribution < 1.29 is 37.3 Å². The van der Waals surface area contributed by atoms with Crippen molar-refractivity contribution in [3.8, 4) is 11.5 Å². The summed E-state index contributed by atoms with van der Waals surface area (Å²) in [6, 6.07) is 18.7. The predicted molar refractivity (Wildman–Crippen MR) is 127 cm³/mol. The molecule has 1 amide bonds. The molecule has 0 radical (unpaired) electrons. The molecule has 0 aliphatic carbocycles. The van der Waals surface area contributed by atoms with Crippen molar-refractivity contribution in [3.63, 3.8) is 0 Å². The number of hydrogen-bond acceptors (Lipinski definition) is 5. The number of aliphatic hydroxyl groups is 1. The summed E-state index contributed by atoms with van der Waals surface area (Å²) in [6.07, 6.45) is -4.04. The molecule has 9 heteroatoms. The molecule has 3 aromatic rings. The number of carbonyl (C=O) groups excluding carboxylic acids is 2. The lowest BCUT2D eigenvalue weighted by atomic mass is 9.95. The molecule has 1 aliphatic heterocycles. The van der Waals surface area contributed by atoms with Gasteiger partial charge < -0.3 is 14.6 Å². The lowest BCUT2D eigenvalue weighted by Crippen LogP contribution is -2.29. The molecule has 0 bridgehead atoms. The molecule has 1 aliphatic rings. The number of carbonyl (C=O) groups is 2. The molecule has 3 aromatic carbocycles. The van der Waals surface area contributed by atoms with Gasteiger partial charge in [0.25, 0.3) is 11.7 Å². The second-order valence-corrected chi connectivity index (χ2v) is 7.99. The van der Waals surface area contributed by atoms with Crippen LogP contribution in [0.2, 0.25) is 0 Å². The quantitative estimate of drug-likeness (QED) is 0.246. The molecular weight excluding hydrogens is 475 g/mol. The van der Waals surface area contributed by atoms with E-state index in [0.29, 0.717) is 23.5 Å². The van der Waals surface area contributed by atoms with Gasteiger partial charge in [0.2, 0.25) is 0 Å². The van der Waals surface area contributed by atoms with E-state index in [0.717, 1.165) is 23.5 Å². The maximum absolute atomic E-state index is 13.1. The van der Waals surface area contributed by atoms with Gasteiger partial charge >= 0.3 is 6.36 Å². The molecule has 1 N–H and O–H groups in total. The normalized spacial score (nSPS) is 17.3. The molecule has 1 unspecified atom stereocenters. The summed E-state index contributed by atoms with van der Waals surface area (Å²) >= 11 is 0. The first-order valence-electron chi connectivity index (χ1n) is 11.1. The average molecular weight is 497 g/mol. The first-order valence-corrected chi connectivity index (χ1v) is 11.1. The van der Waals surface area contributed by atoms with Gasteiger partial charge in [0.1, 0.15) is 17.3 Å². The van der Waals surface area contributed by atoms with Crippen molar-refractivity contribution in [1.82, 2.24) is 0 Å². The Morgan fingerprint density at radius 2 is 1.53 bits per heavy atom. The van der Waals surface area contributed by atoms with E-state index in [-0.39, 0.29) is 17.0 Å². The number of amides is 1. The van der Waals surface area contributed by atoms with Crippen molar-refractivity contribution >= 4 is 23.1 Å². The van der Waals surface area contributed by atoms with Gasteiger partial charge in [0.15, 0.2) is 0 Å². The van der Waals surface area contributed by atoms with Crippen LogP contribution in [0, 0.1) is 0 Å². The summed E-state index contributed by atoms with van der Waals surface area (Å²) in [5, 5.41) is 11.1. The topological polar surface area (TPSA) is 76.1 Å². The van der Waals surface area contributed by atoms with Crippen LogP contribution in [0.4, 0.5) is 18.9 Å². The SMILES string of the molecule is CCCOc1ccc(/C(O)=C2\C(=O)C(=O)N(c3ccc(OC(F)(F)F)cc3)C2c2ccccc2)cc1. The molecule has 0 spiro atoms. The van der Waals surface area contributed by atoms with Gasteiger partial charge in [-0.1, -0.05) is 37.3 Å². The number of hydrogen-bond donors (Lipinski definition) is 1. The maximum Gasteiger partial charge on any atom is 0.573 e. The fourth-order valence-corrected chi connectivity index (χ4v) is 3.94. The number of aliphatic hydroxyl groups excluding tert-OH is 1.